The van der Waals surface area contributed by atoms with Gasteiger partial charge in [0.05, 0.1) is 5.75 Å². The van der Waals surface area contributed by atoms with E-state index in [1.807, 2.05) is 0 Å². The summed E-state index contributed by atoms with van der Waals surface area (Å²) in [5.41, 5.74) is 5.69. The van der Waals surface area contributed by atoms with Crippen molar-refractivity contribution in [2.24, 2.45) is 0 Å². The third kappa shape index (κ3) is 2.38. The monoisotopic (exact) mass is 249 g/mol. The summed E-state index contributed by atoms with van der Waals surface area (Å²) in [5, 5.41) is 4.64. The molecule has 0 unspecified atom stereocenters. The van der Waals surface area contributed by atoms with Crippen molar-refractivity contribution in [2.45, 2.75) is 29.5 Å². The van der Waals surface area contributed by atoms with E-state index in [9.17, 15) is 0 Å². The van der Waals surface area contributed by atoms with E-state index in [-0.39, 0.29) is 0 Å². The van der Waals surface area contributed by atoms with E-state index in [1.165, 1.54) is 24.6 Å². The lowest BCUT2D eigenvalue weighted by atomic mass is 10.4. The van der Waals surface area contributed by atoms with Gasteiger partial charge in [-0.15, -0.1) is 0 Å². The molecule has 1 fully saturated rings. The summed E-state index contributed by atoms with van der Waals surface area (Å²) >= 11 is 1.45. The number of hydrogen-bond donors (Lipinski definition) is 1. The van der Waals surface area contributed by atoms with Crippen LogP contribution in [0.5, 0.6) is 0 Å². The van der Waals surface area contributed by atoms with Crippen LogP contribution < -0.4 is 5.73 Å². The molecule has 1 aliphatic carbocycles. The van der Waals surface area contributed by atoms with Gasteiger partial charge in [0.1, 0.15) is 5.03 Å². The lowest BCUT2D eigenvalue weighted by molar-refractivity contribution is 0.385. The zero-order valence-electron chi connectivity index (χ0n) is 9.04. The van der Waals surface area contributed by atoms with E-state index < -0.39 is 0 Å². The van der Waals surface area contributed by atoms with Crippen LogP contribution in [0.25, 0.3) is 0 Å². The molecule has 0 radical (unpaired) electrons. The predicted octanol–water partition coefficient (Wildman–Crippen LogP) is 1.61. The zero-order valence-corrected chi connectivity index (χ0v) is 9.85. The molecule has 0 amide bonds. The minimum atomic E-state index is 0.430. The highest BCUT2D eigenvalue weighted by Crippen LogP contribution is 2.38. The van der Waals surface area contributed by atoms with E-state index >= 15 is 0 Å². The Morgan fingerprint density at radius 3 is 2.94 bits per heavy atom. The fraction of sp³-hybridized carbons (Fsp3) is 0.400. The summed E-state index contributed by atoms with van der Waals surface area (Å²) in [6.45, 7) is 0. The summed E-state index contributed by atoms with van der Waals surface area (Å²) < 4.78 is 5.16. The van der Waals surface area contributed by atoms with Gasteiger partial charge in [0, 0.05) is 18.3 Å². The van der Waals surface area contributed by atoms with Gasteiger partial charge in [0.25, 0.3) is 0 Å². The first kappa shape index (κ1) is 10.5. The van der Waals surface area contributed by atoms with Gasteiger partial charge in [-0.25, -0.2) is 9.97 Å². The number of rotatable bonds is 4. The molecule has 0 atom stereocenters. The Bertz CT molecular complexity index is 525. The van der Waals surface area contributed by atoms with Crippen LogP contribution in [-0.4, -0.2) is 20.1 Å². The molecule has 3 rings (SSSR count). The Hall–Kier alpha value is -1.63. The normalized spacial score (nSPS) is 15.1. The molecule has 17 heavy (non-hydrogen) atoms. The van der Waals surface area contributed by atoms with Gasteiger partial charge in [-0.1, -0.05) is 16.9 Å². The fourth-order valence-corrected chi connectivity index (χ4v) is 2.12. The van der Waals surface area contributed by atoms with E-state index in [0.29, 0.717) is 28.4 Å². The highest BCUT2D eigenvalue weighted by molar-refractivity contribution is 7.98. The summed E-state index contributed by atoms with van der Waals surface area (Å²) in [6, 6.07) is 0. The number of hydrogen-bond acceptors (Lipinski definition) is 7. The molecule has 88 valence electrons. The van der Waals surface area contributed by atoms with Crippen molar-refractivity contribution in [3.63, 3.8) is 0 Å². The molecule has 2 aromatic heterocycles. The smallest absolute Gasteiger partial charge is 0.237 e. The molecule has 0 spiro atoms. The first-order chi connectivity index (χ1) is 8.33. The summed E-state index contributed by atoms with van der Waals surface area (Å²) in [7, 11) is 0. The zero-order chi connectivity index (χ0) is 11.7. The number of nitrogen functional groups attached to an aromatic ring is 1. The minimum Gasteiger partial charge on any atom is -0.381 e. The van der Waals surface area contributed by atoms with Crippen molar-refractivity contribution in [1.82, 2.24) is 20.1 Å². The predicted molar refractivity (Wildman–Crippen MR) is 62.3 cm³/mol. The van der Waals surface area contributed by atoms with Crippen molar-refractivity contribution in [1.29, 1.82) is 0 Å². The Morgan fingerprint density at radius 1 is 1.35 bits per heavy atom. The molecular formula is C10H11N5OS. The third-order valence-electron chi connectivity index (χ3n) is 2.45. The van der Waals surface area contributed by atoms with Crippen molar-refractivity contribution in [3.8, 4) is 0 Å². The summed E-state index contributed by atoms with van der Waals surface area (Å²) in [4.78, 5) is 12.4. The van der Waals surface area contributed by atoms with Gasteiger partial charge in [0.2, 0.25) is 5.89 Å². The van der Waals surface area contributed by atoms with E-state index in [4.69, 9.17) is 10.3 Å². The molecule has 0 aliphatic heterocycles. The minimum absolute atomic E-state index is 0.430. The molecule has 0 bridgehead atoms. The van der Waals surface area contributed by atoms with Crippen LogP contribution in [0.15, 0.2) is 21.9 Å². The first-order valence-electron chi connectivity index (χ1n) is 5.34. The van der Waals surface area contributed by atoms with Crippen LogP contribution in [0.4, 0.5) is 5.82 Å². The van der Waals surface area contributed by atoms with E-state index in [1.54, 1.807) is 12.4 Å². The second-order valence-corrected chi connectivity index (χ2v) is 4.82. The second-order valence-electron chi connectivity index (χ2n) is 3.86. The van der Waals surface area contributed by atoms with Crippen LogP contribution in [0.3, 0.4) is 0 Å². The number of nitrogens with two attached hydrogens (primary N) is 1. The molecular weight excluding hydrogens is 238 g/mol. The maximum absolute atomic E-state index is 5.69. The number of aromatic nitrogens is 4. The van der Waals surface area contributed by atoms with Crippen molar-refractivity contribution < 1.29 is 4.52 Å². The Morgan fingerprint density at radius 2 is 2.18 bits per heavy atom. The van der Waals surface area contributed by atoms with Gasteiger partial charge in [-0.05, 0) is 12.8 Å². The van der Waals surface area contributed by atoms with E-state index in [2.05, 4.69) is 20.1 Å². The van der Waals surface area contributed by atoms with Gasteiger partial charge in [-0.3, -0.25) is 0 Å². The van der Waals surface area contributed by atoms with Crippen molar-refractivity contribution in [2.75, 3.05) is 5.73 Å². The van der Waals surface area contributed by atoms with Gasteiger partial charge >= 0.3 is 0 Å². The van der Waals surface area contributed by atoms with Crippen LogP contribution in [0, 0.1) is 0 Å². The molecule has 2 aromatic rings. The van der Waals surface area contributed by atoms with Gasteiger partial charge in [-0.2, -0.15) is 4.98 Å². The lowest BCUT2D eigenvalue weighted by Gasteiger charge is -1.99. The van der Waals surface area contributed by atoms with Crippen LogP contribution in [0.2, 0.25) is 0 Å². The highest BCUT2D eigenvalue weighted by Gasteiger charge is 2.28. The van der Waals surface area contributed by atoms with Crippen molar-refractivity contribution >= 4 is 17.6 Å². The Labute approximate surface area is 102 Å². The highest BCUT2D eigenvalue weighted by atomic mass is 32.2. The topological polar surface area (TPSA) is 90.7 Å². The molecule has 2 N–H and O–H groups in total. The molecule has 0 aromatic carbocycles. The maximum Gasteiger partial charge on any atom is 0.237 e. The Kier molecular flexibility index (Phi) is 2.68. The summed E-state index contributed by atoms with van der Waals surface area (Å²) in [5.74, 6) is 2.95. The lowest BCUT2D eigenvalue weighted by Crippen LogP contribution is -1.95. The number of thioether (sulfide) groups is 1. The molecule has 7 heteroatoms. The van der Waals surface area contributed by atoms with Gasteiger partial charge in [0.15, 0.2) is 11.6 Å². The largest absolute Gasteiger partial charge is 0.381 e. The molecule has 2 heterocycles. The first-order valence-corrected chi connectivity index (χ1v) is 6.33. The molecule has 1 saturated carbocycles. The average molecular weight is 249 g/mol. The quantitative estimate of drug-likeness (QED) is 0.823. The van der Waals surface area contributed by atoms with Crippen LogP contribution in [0.1, 0.15) is 30.5 Å². The maximum atomic E-state index is 5.69. The summed E-state index contributed by atoms with van der Waals surface area (Å²) in [6.07, 6.45) is 5.52. The van der Waals surface area contributed by atoms with Crippen molar-refractivity contribution in [3.05, 3.63) is 24.1 Å². The van der Waals surface area contributed by atoms with Crippen LogP contribution >= 0.6 is 11.8 Å². The molecule has 0 saturated heterocycles. The van der Waals surface area contributed by atoms with Crippen LogP contribution in [-0.2, 0) is 5.75 Å². The Balaban J connectivity index is 1.65. The number of nitrogens with zero attached hydrogens (tertiary/aromatic N) is 4. The van der Waals surface area contributed by atoms with Gasteiger partial charge < -0.3 is 10.3 Å². The number of anilines is 1. The third-order valence-corrected chi connectivity index (χ3v) is 3.43. The molecule has 1 aliphatic rings. The average Bonchev–Trinajstić information content (AvgIpc) is 3.08. The fourth-order valence-electron chi connectivity index (χ4n) is 1.41. The second kappa shape index (κ2) is 4.33. The standard InChI is InChI=1S/C10H11N5OS/c11-8-10(13-4-3-12-8)17-5-7-14-9(15-16-7)6-1-2-6/h3-4,6H,1-2,5H2,(H2,11,12). The SMILES string of the molecule is Nc1nccnc1SCc1nc(C2CC2)no1. The molecule has 6 nitrogen and oxygen atoms in total. The van der Waals surface area contributed by atoms with E-state index in [0.717, 1.165) is 5.82 Å².